The maximum atomic E-state index is 12.3. The van der Waals surface area contributed by atoms with Gasteiger partial charge in [0.2, 0.25) is 5.91 Å². The van der Waals surface area contributed by atoms with Gasteiger partial charge in [-0.05, 0) is 30.7 Å². The first-order chi connectivity index (χ1) is 13.5. The fraction of sp³-hybridized carbons (Fsp3) is 0.333. The molecule has 1 saturated heterocycles. The SMILES string of the molecule is CN(CCOc1ccccc1Cl)C(=O)COc1cccc(N2CCCC2=O)c1. The van der Waals surface area contributed by atoms with E-state index >= 15 is 0 Å². The second kappa shape index (κ2) is 9.46. The molecule has 28 heavy (non-hydrogen) atoms. The van der Waals surface area contributed by atoms with Crippen molar-refractivity contribution in [1.82, 2.24) is 4.90 Å². The molecule has 0 radical (unpaired) electrons. The topological polar surface area (TPSA) is 59.1 Å². The van der Waals surface area contributed by atoms with E-state index < -0.39 is 0 Å². The summed E-state index contributed by atoms with van der Waals surface area (Å²) in [4.78, 5) is 27.4. The second-order valence-corrected chi connectivity index (χ2v) is 6.94. The molecule has 1 aliphatic rings. The van der Waals surface area contributed by atoms with Crippen molar-refractivity contribution in [3.05, 3.63) is 53.6 Å². The summed E-state index contributed by atoms with van der Waals surface area (Å²) in [7, 11) is 1.70. The molecule has 1 heterocycles. The fourth-order valence-electron chi connectivity index (χ4n) is 2.90. The van der Waals surface area contributed by atoms with Crippen molar-refractivity contribution >= 4 is 29.1 Å². The summed E-state index contributed by atoms with van der Waals surface area (Å²) in [6.45, 7) is 1.38. The number of likely N-dealkylation sites (N-methyl/N-ethyl adjacent to an activating group) is 1. The quantitative estimate of drug-likeness (QED) is 0.679. The molecule has 0 atom stereocenters. The fourth-order valence-corrected chi connectivity index (χ4v) is 3.09. The van der Waals surface area contributed by atoms with Gasteiger partial charge in [-0.2, -0.15) is 0 Å². The third-order valence-electron chi connectivity index (χ3n) is 4.51. The molecule has 2 aromatic rings. The Morgan fingerprint density at radius 1 is 1.18 bits per heavy atom. The number of hydrogen-bond acceptors (Lipinski definition) is 4. The van der Waals surface area contributed by atoms with Gasteiger partial charge in [-0.3, -0.25) is 9.59 Å². The van der Waals surface area contributed by atoms with Gasteiger partial charge in [-0.15, -0.1) is 0 Å². The van der Waals surface area contributed by atoms with E-state index in [1.165, 1.54) is 0 Å². The Labute approximate surface area is 169 Å². The van der Waals surface area contributed by atoms with Crippen molar-refractivity contribution in [3.8, 4) is 11.5 Å². The molecule has 0 aliphatic carbocycles. The third kappa shape index (κ3) is 5.16. The van der Waals surface area contributed by atoms with Crippen LogP contribution >= 0.6 is 11.6 Å². The number of carbonyl (C=O) groups is 2. The number of ether oxygens (including phenoxy) is 2. The van der Waals surface area contributed by atoms with Crippen molar-refractivity contribution in [2.75, 3.05) is 38.3 Å². The molecule has 0 bridgehead atoms. The standard InChI is InChI=1S/C21H23ClN2O4/c1-23(12-13-27-19-9-3-2-8-18(19)22)21(26)15-28-17-7-4-6-16(14-17)24-11-5-10-20(24)25/h2-4,6-9,14H,5,10-13,15H2,1H3. The number of halogens is 1. The largest absolute Gasteiger partial charge is 0.490 e. The summed E-state index contributed by atoms with van der Waals surface area (Å²) >= 11 is 6.04. The van der Waals surface area contributed by atoms with Gasteiger partial charge in [0.15, 0.2) is 6.61 Å². The molecule has 1 fully saturated rings. The maximum absolute atomic E-state index is 12.3. The molecular formula is C21H23ClN2O4. The van der Waals surface area contributed by atoms with Crippen molar-refractivity contribution in [2.45, 2.75) is 12.8 Å². The molecule has 2 aromatic carbocycles. The zero-order chi connectivity index (χ0) is 19.9. The first-order valence-electron chi connectivity index (χ1n) is 9.19. The highest BCUT2D eigenvalue weighted by Gasteiger charge is 2.22. The summed E-state index contributed by atoms with van der Waals surface area (Å²) in [5.74, 6) is 1.11. The van der Waals surface area contributed by atoms with Crippen LogP contribution in [0.4, 0.5) is 5.69 Å². The number of anilines is 1. The van der Waals surface area contributed by atoms with E-state index in [0.29, 0.717) is 36.1 Å². The lowest BCUT2D eigenvalue weighted by Gasteiger charge is -2.19. The molecule has 148 valence electrons. The molecule has 1 aliphatic heterocycles. The van der Waals surface area contributed by atoms with Crippen LogP contribution in [0.1, 0.15) is 12.8 Å². The van der Waals surface area contributed by atoms with Crippen LogP contribution in [0.3, 0.4) is 0 Å². The van der Waals surface area contributed by atoms with Gasteiger partial charge >= 0.3 is 0 Å². The summed E-state index contributed by atoms with van der Waals surface area (Å²) in [6, 6.07) is 14.5. The Morgan fingerprint density at radius 3 is 2.75 bits per heavy atom. The average molecular weight is 403 g/mol. The van der Waals surface area contributed by atoms with Crippen molar-refractivity contribution in [3.63, 3.8) is 0 Å². The Morgan fingerprint density at radius 2 is 2.00 bits per heavy atom. The minimum absolute atomic E-state index is 0.0833. The van der Waals surface area contributed by atoms with Crippen LogP contribution in [0, 0.1) is 0 Å². The van der Waals surface area contributed by atoms with Crippen molar-refractivity contribution in [2.24, 2.45) is 0 Å². The van der Waals surface area contributed by atoms with Gasteiger partial charge in [0.25, 0.3) is 5.91 Å². The van der Waals surface area contributed by atoms with Crippen LogP contribution in [0.2, 0.25) is 5.02 Å². The number of benzene rings is 2. The van der Waals surface area contributed by atoms with Crippen LogP contribution < -0.4 is 14.4 Å². The van der Waals surface area contributed by atoms with E-state index in [1.54, 1.807) is 41.1 Å². The monoisotopic (exact) mass is 402 g/mol. The molecule has 0 N–H and O–H groups in total. The van der Waals surface area contributed by atoms with Gasteiger partial charge in [0, 0.05) is 31.8 Å². The molecule has 3 rings (SSSR count). The number of carbonyl (C=O) groups excluding carboxylic acids is 2. The third-order valence-corrected chi connectivity index (χ3v) is 4.82. The summed E-state index contributed by atoms with van der Waals surface area (Å²) < 4.78 is 11.2. The summed E-state index contributed by atoms with van der Waals surface area (Å²) in [5.41, 5.74) is 0.800. The van der Waals surface area contributed by atoms with E-state index in [2.05, 4.69) is 0 Å². The predicted octanol–water partition coefficient (Wildman–Crippen LogP) is 3.38. The minimum atomic E-state index is -0.162. The highest BCUT2D eigenvalue weighted by molar-refractivity contribution is 6.32. The van der Waals surface area contributed by atoms with Crippen LogP contribution in [0.15, 0.2) is 48.5 Å². The minimum Gasteiger partial charge on any atom is -0.490 e. The van der Waals surface area contributed by atoms with Gasteiger partial charge in [0.1, 0.15) is 18.1 Å². The summed E-state index contributed by atoms with van der Waals surface area (Å²) in [6.07, 6.45) is 1.44. The molecule has 0 saturated carbocycles. The number of amides is 2. The molecule has 2 amide bonds. The smallest absolute Gasteiger partial charge is 0.260 e. The van der Waals surface area contributed by atoms with E-state index in [1.807, 2.05) is 24.3 Å². The molecule has 7 heteroatoms. The van der Waals surface area contributed by atoms with E-state index in [0.717, 1.165) is 18.7 Å². The zero-order valence-electron chi connectivity index (χ0n) is 15.8. The normalized spacial score (nSPS) is 13.5. The zero-order valence-corrected chi connectivity index (χ0v) is 16.5. The Hall–Kier alpha value is -2.73. The van der Waals surface area contributed by atoms with E-state index in [4.69, 9.17) is 21.1 Å². The van der Waals surface area contributed by atoms with Crippen LogP contribution in [0.25, 0.3) is 0 Å². The van der Waals surface area contributed by atoms with Gasteiger partial charge < -0.3 is 19.3 Å². The lowest BCUT2D eigenvalue weighted by molar-refractivity contribution is -0.132. The first kappa shape index (κ1) is 20.0. The Bertz CT molecular complexity index is 843. The van der Waals surface area contributed by atoms with Crippen LogP contribution in [-0.2, 0) is 9.59 Å². The lowest BCUT2D eigenvalue weighted by atomic mass is 10.3. The van der Waals surface area contributed by atoms with E-state index in [9.17, 15) is 9.59 Å². The lowest BCUT2D eigenvalue weighted by Crippen LogP contribution is -2.34. The molecule has 0 unspecified atom stereocenters. The van der Waals surface area contributed by atoms with Crippen molar-refractivity contribution < 1.29 is 19.1 Å². The number of para-hydroxylation sites is 1. The molecule has 0 spiro atoms. The predicted molar refractivity (Wildman–Crippen MR) is 108 cm³/mol. The summed E-state index contributed by atoms with van der Waals surface area (Å²) in [5, 5.41) is 0.538. The Balaban J connectivity index is 1.45. The number of rotatable bonds is 8. The molecule has 6 nitrogen and oxygen atoms in total. The van der Waals surface area contributed by atoms with E-state index in [-0.39, 0.29) is 18.4 Å². The van der Waals surface area contributed by atoms with Gasteiger partial charge in [-0.1, -0.05) is 29.8 Å². The van der Waals surface area contributed by atoms with Crippen LogP contribution in [0.5, 0.6) is 11.5 Å². The first-order valence-corrected chi connectivity index (χ1v) is 9.57. The van der Waals surface area contributed by atoms with Gasteiger partial charge in [0.05, 0.1) is 11.6 Å². The number of nitrogens with zero attached hydrogens (tertiary/aromatic N) is 2. The van der Waals surface area contributed by atoms with Gasteiger partial charge in [-0.25, -0.2) is 0 Å². The highest BCUT2D eigenvalue weighted by Crippen LogP contribution is 2.25. The maximum Gasteiger partial charge on any atom is 0.260 e. The average Bonchev–Trinajstić information content (AvgIpc) is 3.13. The second-order valence-electron chi connectivity index (χ2n) is 6.53. The molecule has 0 aromatic heterocycles. The Kier molecular flexibility index (Phi) is 6.76. The number of hydrogen-bond donors (Lipinski definition) is 0. The van der Waals surface area contributed by atoms with Crippen LogP contribution in [-0.4, -0.2) is 50.1 Å². The van der Waals surface area contributed by atoms with Crippen molar-refractivity contribution in [1.29, 1.82) is 0 Å². The highest BCUT2D eigenvalue weighted by atomic mass is 35.5. The molecular weight excluding hydrogens is 380 g/mol.